The molecule has 0 saturated heterocycles. The molecule has 0 bridgehead atoms. The number of aromatic hydroxyl groups is 1. The Hall–Kier alpha value is -2.01. The monoisotopic (exact) mass is 253 g/mol. The molecule has 0 aliphatic carbocycles. The minimum Gasteiger partial charge on any atom is -0.505 e. The van der Waals surface area contributed by atoms with E-state index >= 15 is 0 Å². The van der Waals surface area contributed by atoms with Gasteiger partial charge in [0.25, 0.3) is 0 Å². The highest BCUT2D eigenvalue weighted by Gasteiger charge is 2.17. The van der Waals surface area contributed by atoms with E-state index in [0.717, 1.165) is 0 Å². The number of fused-ring (bicyclic) bond motifs is 1. The van der Waals surface area contributed by atoms with E-state index in [1.54, 1.807) is 12.1 Å². The van der Waals surface area contributed by atoms with Gasteiger partial charge in [0.15, 0.2) is 11.4 Å². The molecule has 0 atom stereocenters. The van der Waals surface area contributed by atoms with Gasteiger partial charge in [-0.3, -0.25) is 0 Å². The first-order valence-corrected chi connectivity index (χ1v) is 5.02. The Bertz CT molecular complexity index is 612. The molecule has 1 heterocycles. The van der Waals surface area contributed by atoms with Gasteiger partial charge in [0, 0.05) is 10.8 Å². The van der Waals surface area contributed by atoms with Crippen molar-refractivity contribution >= 4 is 28.3 Å². The molecule has 6 heteroatoms. The molecule has 0 unspecified atom stereocenters. The minimum atomic E-state index is -1.34. The van der Waals surface area contributed by atoms with Gasteiger partial charge in [0.05, 0.1) is 7.11 Å². The number of hydrogen-bond donors (Lipinski definition) is 2. The van der Waals surface area contributed by atoms with Crippen molar-refractivity contribution in [3.05, 3.63) is 29.0 Å². The summed E-state index contributed by atoms with van der Waals surface area (Å²) in [4.78, 5) is 14.5. The number of pyridine rings is 1. The molecule has 5 nitrogen and oxygen atoms in total. The number of carbonyl (C=O) groups is 1. The number of hydrogen-bond acceptors (Lipinski definition) is 4. The van der Waals surface area contributed by atoms with Crippen LogP contribution in [0.5, 0.6) is 11.5 Å². The lowest BCUT2D eigenvalue weighted by Gasteiger charge is -2.07. The Kier molecular flexibility index (Phi) is 2.77. The first kappa shape index (κ1) is 11.5. The third-order valence-corrected chi connectivity index (χ3v) is 2.63. The van der Waals surface area contributed by atoms with E-state index in [-0.39, 0.29) is 5.15 Å². The van der Waals surface area contributed by atoms with Crippen LogP contribution in [0.25, 0.3) is 10.8 Å². The first-order chi connectivity index (χ1) is 8.04. The lowest BCUT2D eigenvalue weighted by molar-refractivity contribution is 0.0687. The molecule has 1 aromatic carbocycles. The second-order valence-corrected chi connectivity index (χ2v) is 3.67. The Morgan fingerprint density at radius 1 is 1.41 bits per heavy atom. The zero-order valence-electron chi connectivity index (χ0n) is 8.77. The summed E-state index contributed by atoms with van der Waals surface area (Å²) in [6.45, 7) is 0. The maximum Gasteiger partial charge on any atom is 0.358 e. The van der Waals surface area contributed by atoms with E-state index in [4.69, 9.17) is 21.4 Å². The molecule has 1 aromatic heterocycles. The number of carboxylic acid groups (broad SMARTS) is 1. The van der Waals surface area contributed by atoms with E-state index in [1.165, 1.54) is 13.2 Å². The zero-order chi connectivity index (χ0) is 12.6. The van der Waals surface area contributed by atoms with Crippen molar-refractivity contribution in [1.29, 1.82) is 0 Å². The highest BCUT2D eigenvalue weighted by molar-refractivity contribution is 6.34. The molecule has 0 saturated carbocycles. The predicted octanol–water partition coefficient (Wildman–Crippen LogP) is 2.30. The molecule has 17 heavy (non-hydrogen) atoms. The van der Waals surface area contributed by atoms with Crippen molar-refractivity contribution in [3.8, 4) is 11.5 Å². The van der Waals surface area contributed by atoms with Crippen molar-refractivity contribution in [1.82, 2.24) is 4.98 Å². The Labute approximate surface area is 101 Å². The third-order valence-electron chi connectivity index (χ3n) is 2.34. The van der Waals surface area contributed by atoms with Crippen molar-refractivity contribution < 1.29 is 19.7 Å². The smallest absolute Gasteiger partial charge is 0.358 e. The van der Waals surface area contributed by atoms with Crippen LogP contribution in [-0.2, 0) is 0 Å². The van der Waals surface area contributed by atoms with Crippen LogP contribution in [0.2, 0.25) is 5.15 Å². The Morgan fingerprint density at radius 3 is 2.71 bits per heavy atom. The lowest BCUT2D eigenvalue weighted by atomic mass is 10.1. The van der Waals surface area contributed by atoms with E-state index in [9.17, 15) is 9.90 Å². The van der Waals surface area contributed by atoms with Crippen LogP contribution in [0.15, 0.2) is 18.2 Å². The van der Waals surface area contributed by atoms with Crippen LogP contribution < -0.4 is 4.74 Å². The van der Waals surface area contributed by atoms with E-state index in [2.05, 4.69) is 4.98 Å². The quantitative estimate of drug-likeness (QED) is 0.803. The minimum absolute atomic E-state index is 0.0258. The fraction of sp³-hybridized carbons (Fsp3) is 0.0909. The molecule has 2 rings (SSSR count). The summed E-state index contributed by atoms with van der Waals surface area (Å²) < 4.78 is 5.00. The van der Waals surface area contributed by atoms with Crippen LogP contribution in [0.3, 0.4) is 0 Å². The van der Waals surface area contributed by atoms with Gasteiger partial charge in [0.1, 0.15) is 10.9 Å². The molecule has 2 aromatic rings. The number of methoxy groups -OCH3 is 1. The molecule has 0 fully saturated rings. The molecule has 0 aliphatic heterocycles. The van der Waals surface area contributed by atoms with Gasteiger partial charge in [-0.25, -0.2) is 9.78 Å². The Balaban J connectivity index is 2.85. The number of aromatic nitrogens is 1. The van der Waals surface area contributed by atoms with Crippen molar-refractivity contribution in [3.63, 3.8) is 0 Å². The van der Waals surface area contributed by atoms with Gasteiger partial charge in [-0.1, -0.05) is 11.6 Å². The SMILES string of the molecule is COc1ccc2c(Cl)nc(C(=O)O)c(O)c2c1. The first-order valence-electron chi connectivity index (χ1n) is 4.64. The van der Waals surface area contributed by atoms with Gasteiger partial charge in [0.2, 0.25) is 0 Å². The van der Waals surface area contributed by atoms with Gasteiger partial charge in [-0.05, 0) is 18.2 Å². The molecule has 0 amide bonds. The van der Waals surface area contributed by atoms with Crippen molar-refractivity contribution in [2.75, 3.05) is 7.11 Å². The summed E-state index contributed by atoms with van der Waals surface area (Å²) in [6, 6.07) is 4.76. The standard InChI is InChI=1S/C11H8ClNO4/c1-17-5-2-3-6-7(4-5)9(14)8(11(15)16)13-10(6)12/h2-4,14H,1H3,(H,15,16). The summed E-state index contributed by atoms with van der Waals surface area (Å²) in [5, 5.41) is 19.5. The molecule has 0 radical (unpaired) electrons. The maximum atomic E-state index is 10.9. The average Bonchev–Trinajstić information content (AvgIpc) is 2.32. The highest BCUT2D eigenvalue weighted by Crippen LogP contribution is 2.34. The van der Waals surface area contributed by atoms with Crippen LogP contribution >= 0.6 is 11.6 Å². The van der Waals surface area contributed by atoms with Crippen molar-refractivity contribution in [2.24, 2.45) is 0 Å². The van der Waals surface area contributed by atoms with Crippen LogP contribution in [0, 0.1) is 0 Å². The van der Waals surface area contributed by atoms with Crippen molar-refractivity contribution in [2.45, 2.75) is 0 Å². The number of ether oxygens (including phenoxy) is 1. The fourth-order valence-electron chi connectivity index (χ4n) is 1.51. The topological polar surface area (TPSA) is 79.7 Å². The maximum absolute atomic E-state index is 10.9. The molecule has 0 aliphatic rings. The lowest BCUT2D eigenvalue weighted by Crippen LogP contribution is -2.01. The van der Waals surface area contributed by atoms with E-state index in [1.807, 2.05) is 0 Å². The number of halogens is 1. The van der Waals surface area contributed by atoms with Gasteiger partial charge in [-0.15, -0.1) is 0 Å². The van der Waals surface area contributed by atoms with E-state index < -0.39 is 17.4 Å². The zero-order valence-corrected chi connectivity index (χ0v) is 9.52. The second-order valence-electron chi connectivity index (χ2n) is 3.32. The van der Waals surface area contributed by atoms with Crippen LogP contribution in [0.1, 0.15) is 10.5 Å². The number of nitrogens with zero attached hydrogens (tertiary/aromatic N) is 1. The number of aromatic carboxylic acids is 1. The summed E-state index contributed by atoms with van der Waals surface area (Å²) in [5.74, 6) is -1.27. The predicted molar refractivity (Wildman–Crippen MR) is 61.9 cm³/mol. The molecular weight excluding hydrogens is 246 g/mol. The normalized spacial score (nSPS) is 10.5. The molecule has 0 spiro atoms. The largest absolute Gasteiger partial charge is 0.505 e. The molecule has 88 valence electrons. The van der Waals surface area contributed by atoms with Gasteiger partial charge < -0.3 is 14.9 Å². The molecule has 2 N–H and O–H groups in total. The van der Waals surface area contributed by atoms with Crippen LogP contribution in [-0.4, -0.2) is 28.3 Å². The average molecular weight is 254 g/mol. The van der Waals surface area contributed by atoms with Gasteiger partial charge >= 0.3 is 5.97 Å². The number of benzene rings is 1. The highest BCUT2D eigenvalue weighted by atomic mass is 35.5. The summed E-state index contributed by atoms with van der Waals surface area (Å²) in [6.07, 6.45) is 0. The second kappa shape index (κ2) is 4.10. The summed E-state index contributed by atoms with van der Waals surface area (Å²) in [5.41, 5.74) is -0.476. The number of carboxylic acids is 1. The number of rotatable bonds is 2. The summed E-state index contributed by atoms with van der Waals surface area (Å²) in [7, 11) is 1.47. The van der Waals surface area contributed by atoms with Gasteiger partial charge in [-0.2, -0.15) is 0 Å². The Morgan fingerprint density at radius 2 is 2.12 bits per heavy atom. The van der Waals surface area contributed by atoms with Crippen LogP contribution in [0.4, 0.5) is 0 Å². The third kappa shape index (κ3) is 1.85. The molecular formula is C11H8ClNO4. The fourth-order valence-corrected chi connectivity index (χ4v) is 1.76. The summed E-state index contributed by atoms with van der Waals surface area (Å²) >= 11 is 5.85. The van der Waals surface area contributed by atoms with E-state index in [0.29, 0.717) is 16.5 Å².